The summed E-state index contributed by atoms with van der Waals surface area (Å²) in [5.41, 5.74) is 0.235. The van der Waals surface area contributed by atoms with Crippen LogP contribution in [0.5, 0.6) is 0 Å². The van der Waals surface area contributed by atoms with Gasteiger partial charge in [-0.1, -0.05) is 0 Å². The molecular formula is C14H12F4N2O2S. The summed E-state index contributed by atoms with van der Waals surface area (Å²) in [5.74, 6) is -5.26. The van der Waals surface area contributed by atoms with Gasteiger partial charge < -0.3 is 15.4 Å². The number of thiocarbonyl (C=S) groups is 1. The number of carbonyl (C=O) groups excluding carboxylic acids is 1. The first-order chi connectivity index (χ1) is 10.8. The Hall–Kier alpha value is -2.16. The van der Waals surface area contributed by atoms with E-state index in [-0.39, 0.29) is 16.2 Å². The Kier molecular flexibility index (Phi) is 5.19. The molecule has 0 bridgehead atoms. The third-order valence-corrected chi connectivity index (χ3v) is 3.37. The van der Waals surface area contributed by atoms with Gasteiger partial charge in [-0.15, -0.1) is 0 Å². The first-order valence-electron chi connectivity index (χ1n) is 6.48. The Morgan fingerprint density at radius 1 is 1.30 bits per heavy atom. The van der Waals surface area contributed by atoms with Gasteiger partial charge in [-0.2, -0.15) is 0 Å². The number of ether oxygens (including phenoxy) is 1. The van der Waals surface area contributed by atoms with E-state index < -0.39 is 42.7 Å². The van der Waals surface area contributed by atoms with E-state index in [1.54, 1.807) is 0 Å². The molecule has 0 fully saturated rings. The first kappa shape index (κ1) is 17.2. The van der Waals surface area contributed by atoms with E-state index in [0.717, 1.165) is 0 Å². The SMILES string of the molecule is CC1=C(C(=O)OCc2cc(F)c(F)c(F)c2)C(CF)NC(=S)N1. The fourth-order valence-corrected chi connectivity index (χ4v) is 2.39. The van der Waals surface area contributed by atoms with Gasteiger partial charge in [0.25, 0.3) is 0 Å². The number of nitrogens with one attached hydrogen (secondary N) is 2. The molecule has 1 unspecified atom stereocenters. The Morgan fingerprint density at radius 2 is 1.91 bits per heavy atom. The predicted octanol–water partition coefficient (Wildman–Crippen LogP) is 2.24. The highest BCUT2D eigenvalue weighted by Gasteiger charge is 2.29. The number of hydrogen-bond acceptors (Lipinski definition) is 3. The van der Waals surface area contributed by atoms with Crippen LogP contribution in [0.1, 0.15) is 12.5 Å². The van der Waals surface area contributed by atoms with Gasteiger partial charge in [-0.25, -0.2) is 22.4 Å². The molecule has 0 saturated heterocycles. The van der Waals surface area contributed by atoms with Crippen LogP contribution in [0.3, 0.4) is 0 Å². The molecule has 1 aromatic carbocycles. The van der Waals surface area contributed by atoms with Crippen LogP contribution in [-0.4, -0.2) is 23.8 Å². The highest BCUT2D eigenvalue weighted by atomic mass is 32.1. The lowest BCUT2D eigenvalue weighted by Gasteiger charge is -2.27. The van der Waals surface area contributed by atoms with Crippen LogP contribution in [0.2, 0.25) is 0 Å². The van der Waals surface area contributed by atoms with E-state index in [2.05, 4.69) is 10.6 Å². The maximum atomic E-state index is 13.1. The summed E-state index contributed by atoms with van der Waals surface area (Å²) in [6.07, 6.45) is 0. The monoisotopic (exact) mass is 348 g/mol. The van der Waals surface area contributed by atoms with Crippen LogP contribution in [0, 0.1) is 17.5 Å². The van der Waals surface area contributed by atoms with Crippen LogP contribution in [0.4, 0.5) is 17.6 Å². The summed E-state index contributed by atoms with van der Waals surface area (Å²) < 4.78 is 57.0. The Morgan fingerprint density at radius 3 is 2.48 bits per heavy atom. The van der Waals surface area contributed by atoms with Gasteiger partial charge in [0.1, 0.15) is 13.3 Å². The number of hydrogen-bond donors (Lipinski definition) is 2. The minimum Gasteiger partial charge on any atom is -0.457 e. The third kappa shape index (κ3) is 3.79. The van der Waals surface area contributed by atoms with Crippen molar-refractivity contribution in [2.24, 2.45) is 0 Å². The Bertz CT molecular complexity index is 670. The molecule has 0 spiro atoms. The van der Waals surface area contributed by atoms with Gasteiger partial charge in [0, 0.05) is 5.70 Å². The van der Waals surface area contributed by atoms with Crippen LogP contribution < -0.4 is 10.6 Å². The minimum atomic E-state index is -1.61. The summed E-state index contributed by atoms with van der Waals surface area (Å²) in [5, 5.41) is 5.40. The van der Waals surface area contributed by atoms with Gasteiger partial charge in [0.15, 0.2) is 22.6 Å². The van der Waals surface area contributed by atoms with Crippen molar-refractivity contribution in [2.45, 2.75) is 19.6 Å². The standard InChI is InChI=1S/C14H12F4N2O2S/c1-6-11(10(4-15)20-14(23)19-6)13(21)22-5-7-2-8(16)12(18)9(17)3-7/h2-3,10H,4-5H2,1H3,(H2,19,20,23). The molecule has 9 heteroatoms. The summed E-state index contributed by atoms with van der Waals surface area (Å²) in [7, 11) is 0. The van der Waals surface area contributed by atoms with Crippen molar-refractivity contribution >= 4 is 23.3 Å². The maximum Gasteiger partial charge on any atom is 0.338 e. The van der Waals surface area contributed by atoms with Crippen molar-refractivity contribution in [3.8, 4) is 0 Å². The predicted molar refractivity (Wildman–Crippen MR) is 77.4 cm³/mol. The third-order valence-electron chi connectivity index (χ3n) is 3.15. The Labute approximate surface area is 134 Å². The zero-order chi connectivity index (χ0) is 17.1. The van der Waals surface area contributed by atoms with Crippen LogP contribution in [0.25, 0.3) is 0 Å². The number of rotatable bonds is 4. The van der Waals surface area contributed by atoms with Crippen molar-refractivity contribution in [3.63, 3.8) is 0 Å². The molecule has 1 aliphatic rings. The number of carbonyl (C=O) groups is 1. The average molecular weight is 348 g/mol. The Balaban J connectivity index is 2.13. The molecule has 124 valence electrons. The molecule has 2 N–H and O–H groups in total. The van der Waals surface area contributed by atoms with Gasteiger partial charge in [0.2, 0.25) is 0 Å². The van der Waals surface area contributed by atoms with E-state index >= 15 is 0 Å². The summed E-state index contributed by atoms with van der Waals surface area (Å²) >= 11 is 4.85. The second-order valence-electron chi connectivity index (χ2n) is 4.79. The van der Waals surface area contributed by atoms with E-state index in [1.807, 2.05) is 0 Å². The molecule has 2 rings (SSSR count). The average Bonchev–Trinajstić information content (AvgIpc) is 2.49. The molecule has 1 atom stereocenters. The smallest absolute Gasteiger partial charge is 0.338 e. The number of halogens is 4. The van der Waals surface area contributed by atoms with Crippen molar-refractivity contribution < 1.29 is 27.1 Å². The molecule has 0 radical (unpaired) electrons. The van der Waals surface area contributed by atoms with Gasteiger partial charge in [0.05, 0.1) is 11.6 Å². The molecule has 23 heavy (non-hydrogen) atoms. The topological polar surface area (TPSA) is 50.4 Å². The van der Waals surface area contributed by atoms with Gasteiger partial charge >= 0.3 is 5.97 Å². The number of alkyl halides is 1. The van der Waals surface area contributed by atoms with E-state index in [9.17, 15) is 22.4 Å². The molecule has 1 aromatic rings. The molecule has 4 nitrogen and oxygen atoms in total. The fraction of sp³-hybridized carbons (Fsp3) is 0.286. The van der Waals surface area contributed by atoms with Crippen LogP contribution in [-0.2, 0) is 16.1 Å². The fourth-order valence-electron chi connectivity index (χ4n) is 2.09. The maximum absolute atomic E-state index is 13.1. The quantitative estimate of drug-likeness (QED) is 0.378. The van der Waals surface area contributed by atoms with Crippen molar-refractivity contribution in [3.05, 3.63) is 46.4 Å². The number of allylic oxidation sites excluding steroid dienone is 1. The molecule has 0 aliphatic carbocycles. The largest absolute Gasteiger partial charge is 0.457 e. The minimum absolute atomic E-state index is 0.0100. The van der Waals surface area contributed by atoms with E-state index in [4.69, 9.17) is 17.0 Å². The second kappa shape index (κ2) is 6.95. The highest BCUT2D eigenvalue weighted by Crippen LogP contribution is 2.18. The lowest BCUT2D eigenvalue weighted by molar-refractivity contribution is -0.140. The lowest BCUT2D eigenvalue weighted by atomic mass is 10.0. The normalized spacial score (nSPS) is 17.6. The zero-order valence-electron chi connectivity index (χ0n) is 11.9. The second-order valence-corrected chi connectivity index (χ2v) is 5.20. The molecule has 0 aromatic heterocycles. The van der Waals surface area contributed by atoms with Gasteiger partial charge in [-0.3, -0.25) is 0 Å². The molecule has 0 saturated carbocycles. The van der Waals surface area contributed by atoms with Gasteiger partial charge in [-0.05, 0) is 36.8 Å². The first-order valence-corrected chi connectivity index (χ1v) is 6.89. The number of esters is 1. The zero-order valence-corrected chi connectivity index (χ0v) is 12.7. The van der Waals surface area contributed by atoms with Crippen molar-refractivity contribution in [1.82, 2.24) is 10.6 Å². The molecule has 1 aliphatic heterocycles. The lowest BCUT2D eigenvalue weighted by Crippen LogP contribution is -2.50. The molecule has 1 heterocycles. The van der Waals surface area contributed by atoms with Crippen molar-refractivity contribution in [1.29, 1.82) is 0 Å². The van der Waals surface area contributed by atoms with Crippen LogP contribution >= 0.6 is 12.2 Å². The molecular weight excluding hydrogens is 336 g/mol. The van der Waals surface area contributed by atoms with E-state index in [1.165, 1.54) is 6.92 Å². The highest BCUT2D eigenvalue weighted by molar-refractivity contribution is 7.80. The van der Waals surface area contributed by atoms with E-state index in [0.29, 0.717) is 17.8 Å². The summed E-state index contributed by atoms with van der Waals surface area (Å²) in [4.78, 5) is 12.1. The number of benzene rings is 1. The van der Waals surface area contributed by atoms with Crippen molar-refractivity contribution in [2.75, 3.05) is 6.67 Å². The van der Waals surface area contributed by atoms with Crippen LogP contribution in [0.15, 0.2) is 23.4 Å². The summed E-state index contributed by atoms with van der Waals surface area (Å²) in [6, 6.07) is 0.455. The summed E-state index contributed by atoms with van der Waals surface area (Å²) in [6.45, 7) is 0.125. The molecule has 0 amide bonds.